The van der Waals surface area contributed by atoms with Gasteiger partial charge in [0.25, 0.3) is 0 Å². The Labute approximate surface area is 176 Å². The molecule has 3 rings (SSSR count). The molecule has 1 heterocycles. The van der Waals surface area contributed by atoms with Gasteiger partial charge in [-0.1, -0.05) is 18.2 Å². The molecule has 10 heteroatoms. The van der Waals surface area contributed by atoms with Crippen LogP contribution in [0.3, 0.4) is 0 Å². The van der Waals surface area contributed by atoms with E-state index >= 15 is 0 Å². The lowest BCUT2D eigenvalue weighted by molar-refractivity contribution is 0.284. The molecular formula is C20H26N4O5S. The fourth-order valence-corrected chi connectivity index (χ4v) is 3.59. The highest BCUT2D eigenvalue weighted by molar-refractivity contribution is 7.87. The zero-order valence-corrected chi connectivity index (χ0v) is 17.7. The van der Waals surface area contributed by atoms with E-state index in [4.69, 9.17) is 13.7 Å². The molecule has 1 unspecified atom stereocenters. The van der Waals surface area contributed by atoms with E-state index in [1.165, 1.54) is 31.4 Å². The first-order chi connectivity index (χ1) is 14.5. The fraction of sp³-hybridized carbons (Fsp3) is 0.350. The second kappa shape index (κ2) is 10.2. The van der Waals surface area contributed by atoms with Crippen molar-refractivity contribution < 1.29 is 22.1 Å². The lowest BCUT2D eigenvalue weighted by Crippen LogP contribution is -2.47. The van der Waals surface area contributed by atoms with Crippen LogP contribution in [0.4, 0.5) is 0 Å². The molecule has 0 spiro atoms. The molecule has 162 valence electrons. The zero-order valence-electron chi connectivity index (χ0n) is 16.9. The first-order valence-electron chi connectivity index (χ1n) is 9.57. The molecule has 0 saturated heterocycles. The van der Waals surface area contributed by atoms with E-state index in [1.54, 1.807) is 24.3 Å². The SMILES string of the molecule is COc1cc(OCCC(C)NNC2=NCCN2)cc(OS(=O)(=O)c2ccccc2)c1. The molecule has 0 aromatic heterocycles. The summed E-state index contributed by atoms with van der Waals surface area (Å²) in [5.74, 6) is 1.74. The third kappa shape index (κ3) is 6.26. The van der Waals surface area contributed by atoms with Crippen LogP contribution in [0.5, 0.6) is 17.2 Å². The highest BCUT2D eigenvalue weighted by atomic mass is 32.2. The topological polar surface area (TPSA) is 110 Å². The van der Waals surface area contributed by atoms with Gasteiger partial charge in [-0.3, -0.25) is 10.4 Å². The molecule has 1 aliphatic rings. The van der Waals surface area contributed by atoms with Crippen molar-refractivity contribution >= 4 is 16.1 Å². The van der Waals surface area contributed by atoms with Crippen LogP contribution < -0.4 is 29.8 Å². The van der Waals surface area contributed by atoms with Crippen LogP contribution >= 0.6 is 0 Å². The van der Waals surface area contributed by atoms with Gasteiger partial charge in [-0.25, -0.2) is 5.43 Å². The average molecular weight is 435 g/mol. The third-order valence-corrected chi connectivity index (χ3v) is 5.52. The van der Waals surface area contributed by atoms with Crippen molar-refractivity contribution in [1.82, 2.24) is 16.2 Å². The van der Waals surface area contributed by atoms with Gasteiger partial charge in [0.15, 0.2) is 0 Å². The number of benzene rings is 2. The van der Waals surface area contributed by atoms with E-state index in [0.29, 0.717) is 24.5 Å². The summed E-state index contributed by atoms with van der Waals surface area (Å²) in [4.78, 5) is 4.31. The van der Waals surface area contributed by atoms with Crippen molar-refractivity contribution in [2.45, 2.75) is 24.3 Å². The summed E-state index contributed by atoms with van der Waals surface area (Å²) in [6.07, 6.45) is 0.704. The third-order valence-electron chi connectivity index (χ3n) is 4.26. The molecule has 3 N–H and O–H groups in total. The first kappa shape index (κ1) is 21.7. The number of methoxy groups -OCH3 is 1. The van der Waals surface area contributed by atoms with Crippen LogP contribution in [0.1, 0.15) is 13.3 Å². The van der Waals surface area contributed by atoms with Gasteiger partial charge in [-0.2, -0.15) is 8.42 Å². The number of hydrogen-bond acceptors (Lipinski definition) is 9. The number of aliphatic imine (C=N–C) groups is 1. The molecule has 9 nitrogen and oxygen atoms in total. The highest BCUT2D eigenvalue weighted by Crippen LogP contribution is 2.29. The van der Waals surface area contributed by atoms with Crippen molar-refractivity contribution in [3.05, 3.63) is 48.5 Å². The van der Waals surface area contributed by atoms with E-state index in [9.17, 15) is 8.42 Å². The molecule has 30 heavy (non-hydrogen) atoms. The Kier molecular flexibility index (Phi) is 7.36. The van der Waals surface area contributed by atoms with Crippen molar-refractivity contribution in [3.63, 3.8) is 0 Å². The van der Waals surface area contributed by atoms with Gasteiger partial charge >= 0.3 is 10.1 Å². The van der Waals surface area contributed by atoms with Crippen LogP contribution in [0, 0.1) is 0 Å². The van der Waals surface area contributed by atoms with Gasteiger partial charge in [0.1, 0.15) is 22.1 Å². The van der Waals surface area contributed by atoms with Gasteiger partial charge in [-0.05, 0) is 25.5 Å². The predicted octanol–water partition coefficient (Wildman–Crippen LogP) is 1.67. The standard InChI is InChI=1S/C20H26N4O5S/c1-15(23-24-20-21-9-10-22-20)8-11-28-17-12-16(27-2)13-18(14-17)29-30(25,26)19-6-4-3-5-7-19/h3-7,12-15,23H,8-11H2,1-2H3,(H2,21,22,24). The summed E-state index contributed by atoms with van der Waals surface area (Å²) in [5.41, 5.74) is 6.17. The van der Waals surface area contributed by atoms with Gasteiger partial charge < -0.3 is 19.0 Å². The van der Waals surface area contributed by atoms with Crippen LogP contribution in [0.2, 0.25) is 0 Å². The summed E-state index contributed by atoms with van der Waals surface area (Å²) in [6.45, 7) is 4.02. The van der Waals surface area contributed by atoms with Crippen molar-refractivity contribution in [2.75, 3.05) is 26.8 Å². The summed E-state index contributed by atoms with van der Waals surface area (Å²) in [5, 5.41) is 3.11. The highest BCUT2D eigenvalue weighted by Gasteiger charge is 2.17. The van der Waals surface area contributed by atoms with E-state index in [1.807, 2.05) is 6.92 Å². The Hall–Kier alpha value is -2.98. The van der Waals surface area contributed by atoms with Gasteiger partial charge in [-0.15, -0.1) is 0 Å². The Bertz CT molecular complexity index is 966. The smallest absolute Gasteiger partial charge is 0.339 e. The number of nitrogens with zero attached hydrogens (tertiary/aromatic N) is 1. The van der Waals surface area contributed by atoms with Crippen molar-refractivity contribution in [3.8, 4) is 17.2 Å². The summed E-state index contributed by atoms with van der Waals surface area (Å²) in [7, 11) is -2.46. The summed E-state index contributed by atoms with van der Waals surface area (Å²) < 4.78 is 41.2. The summed E-state index contributed by atoms with van der Waals surface area (Å²) in [6, 6.07) is 12.8. The van der Waals surface area contributed by atoms with Gasteiger partial charge in [0.05, 0.1) is 20.3 Å². The minimum atomic E-state index is -3.95. The maximum atomic E-state index is 12.5. The van der Waals surface area contributed by atoms with Crippen LogP contribution in [-0.2, 0) is 10.1 Å². The monoisotopic (exact) mass is 434 g/mol. The average Bonchev–Trinajstić information content (AvgIpc) is 3.26. The maximum absolute atomic E-state index is 12.5. The largest absolute Gasteiger partial charge is 0.496 e. The molecule has 0 bridgehead atoms. The van der Waals surface area contributed by atoms with Gasteiger partial charge in [0.2, 0.25) is 5.96 Å². The lowest BCUT2D eigenvalue weighted by atomic mass is 10.2. The predicted molar refractivity (Wildman–Crippen MR) is 113 cm³/mol. The number of hydrazine groups is 1. The fourth-order valence-electron chi connectivity index (χ4n) is 2.66. The number of guanidine groups is 1. The normalized spacial score (nSPS) is 14.4. The van der Waals surface area contributed by atoms with Crippen LogP contribution in [0.25, 0.3) is 0 Å². The minimum Gasteiger partial charge on any atom is -0.496 e. The maximum Gasteiger partial charge on any atom is 0.339 e. The molecule has 1 aliphatic heterocycles. The van der Waals surface area contributed by atoms with Crippen LogP contribution in [-0.4, -0.2) is 47.2 Å². The molecule has 0 aliphatic carbocycles. The number of ether oxygens (including phenoxy) is 2. The second-order valence-corrected chi connectivity index (χ2v) is 8.21. The number of nitrogens with one attached hydrogen (secondary N) is 3. The Morgan fingerprint density at radius 1 is 1.13 bits per heavy atom. The number of hydrogen-bond donors (Lipinski definition) is 3. The molecule has 0 fully saturated rings. The Morgan fingerprint density at radius 2 is 1.87 bits per heavy atom. The van der Waals surface area contributed by atoms with Crippen molar-refractivity contribution in [2.24, 2.45) is 4.99 Å². The van der Waals surface area contributed by atoms with Gasteiger partial charge in [0, 0.05) is 30.8 Å². The van der Waals surface area contributed by atoms with E-state index in [2.05, 4.69) is 21.2 Å². The van der Waals surface area contributed by atoms with E-state index in [0.717, 1.165) is 19.0 Å². The summed E-state index contributed by atoms with van der Waals surface area (Å²) >= 11 is 0. The Balaban J connectivity index is 1.57. The molecule has 1 atom stereocenters. The van der Waals surface area contributed by atoms with Crippen LogP contribution in [0.15, 0.2) is 58.4 Å². The molecule has 0 radical (unpaired) electrons. The van der Waals surface area contributed by atoms with E-state index < -0.39 is 10.1 Å². The first-order valence-corrected chi connectivity index (χ1v) is 11.0. The minimum absolute atomic E-state index is 0.0732. The van der Waals surface area contributed by atoms with Crippen molar-refractivity contribution in [1.29, 1.82) is 0 Å². The molecule has 0 amide bonds. The molecule has 2 aromatic carbocycles. The van der Waals surface area contributed by atoms with E-state index in [-0.39, 0.29) is 16.7 Å². The molecule has 0 saturated carbocycles. The molecular weight excluding hydrogens is 408 g/mol. The second-order valence-electron chi connectivity index (χ2n) is 6.66. The quantitative estimate of drug-likeness (QED) is 0.383. The lowest BCUT2D eigenvalue weighted by Gasteiger charge is -2.16. The zero-order chi connectivity index (χ0) is 21.4. The molecule has 2 aromatic rings. The number of rotatable bonds is 10. The Morgan fingerprint density at radius 3 is 2.57 bits per heavy atom.